The number of hydrogen-bond acceptors (Lipinski definition) is 4. The summed E-state index contributed by atoms with van der Waals surface area (Å²) in [6.07, 6.45) is 4.23. The van der Waals surface area contributed by atoms with E-state index in [-0.39, 0.29) is 29.9 Å². The van der Waals surface area contributed by atoms with Crippen molar-refractivity contribution in [1.82, 2.24) is 10.6 Å². The van der Waals surface area contributed by atoms with Crippen molar-refractivity contribution in [1.29, 1.82) is 0 Å². The van der Waals surface area contributed by atoms with E-state index in [2.05, 4.69) is 10.6 Å². The normalized spacial score (nSPS) is 37.0. The van der Waals surface area contributed by atoms with Crippen LogP contribution in [-0.2, 0) is 19.1 Å². The van der Waals surface area contributed by atoms with Gasteiger partial charge in [0.2, 0.25) is 11.8 Å². The van der Waals surface area contributed by atoms with Crippen LogP contribution in [0.3, 0.4) is 0 Å². The van der Waals surface area contributed by atoms with E-state index >= 15 is 0 Å². The van der Waals surface area contributed by atoms with Crippen molar-refractivity contribution < 1.29 is 19.1 Å². The average molecular weight is 310 g/mol. The van der Waals surface area contributed by atoms with Gasteiger partial charge in [-0.15, -0.1) is 0 Å². The van der Waals surface area contributed by atoms with Crippen molar-refractivity contribution in [2.45, 2.75) is 44.8 Å². The summed E-state index contributed by atoms with van der Waals surface area (Å²) in [5.41, 5.74) is 0. The molecule has 3 rings (SSSR count). The molecule has 2 saturated heterocycles. The fraction of sp³-hybridized carbons (Fsp3) is 0.875. The first kappa shape index (κ1) is 15.7. The summed E-state index contributed by atoms with van der Waals surface area (Å²) >= 11 is 0. The third-order valence-electron chi connectivity index (χ3n) is 4.96. The van der Waals surface area contributed by atoms with E-state index in [0.29, 0.717) is 18.4 Å². The van der Waals surface area contributed by atoms with E-state index in [1.165, 1.54) is 6.92 Å². The molecule has 0 bridgehead atoms. The molecular weight excluding hydrogens is 284 g/mol. The second-order valence-corrected chi connectivity index (χ2v) is 6.79. The molecule has 0 aromatic rings. The Morgan fingerprint density at radius 2 is 2.00 bits per heavy atom. The first-order chi connectivity index (χ1) is 10.6. The second kappa shape index (κ2) is 6.96. The van der Waals surface area contributed by atoms with Gasteiger partial charge in [0.25, 0.3) is 0 Å². The molecule has 22 heavy (non-hydrogen) atoms. The molecule has 0 aromatic heterocycles. The third kappa shape index (κ3) is 3.98. The Kier molecular flexibility index (Phi) is 4.98. The Bertz CT molecular complexity index is 422. The third-order valence-corrected chi connectivity index (χ3v) is 4.96. The summed E-state index contributed by atoms with van der Waals surface area (Å²) in [5, 5.41) is 5.86. The average Bonchev–Trinajstić information content (AvgIpc) is 2.92. The molecule has 1 saturated carbocycles. The smallest absolute Gasteiger partial charge is 0.223 e. The number of nitrogens with one attached hydrogen (secondary N) is 2. The Hall–Kier alpha value is -1.14. The highest BCUT2D eigenvalue weighted by molar-refractivity contribution is 5.81. The minimum Gasteiger partial charge on any atom is -0.381 e. The Morgan fingerprint density at radius 1 is 1.14 bits per heavy atom. The van der Waals surface area contributed by atoms with Crippen molar-refractivity contribution in [2.24, 2.45) is 17.8 Å². The molecular formula is C16H26N2O4. The summed E-state index contributed by atoms with van der Waals surface area (Å²) in [6, 6.07) is 0. The molecule has 2 amide bonds. The van der Waals surface area contributed by atoms with Gasteiger partial charge in [-0.25, -0.2) is 0 Å². The van der Waals surface area contributed by atoms with Gasteiger partial charge in [0.15, 0.2) is 0 Å². The number of rotatable bonds is 6. The number of carbonyl (C=O) groups is 2. The van der Waals surface area contributed by atoms with Gasteiger partial charge in [0.1, 0.15) is 0 Å². The van der Waals surface area contributed by atoms with Crippen molar-refractivity contribution in [2.75, 3.05) is 26.3 Å². The van der Waals surface area contributed by atoms with E-state index in [9.17, 15) is 9.59 Å². The number of amides is 2. The topological polar surface area (TPSA) is 76.7 Å². The lowest BCUT2D eigenvalue weighted by atomic mass is 10.1. The monoisotopic (exact) mass is 310 g/mol. The van der Waals surface area contributed by atoms with Gasteiger partial charge in [-0.05, 0) is 31.6 Å². The molecule has 6 heteroatoms. The zero-order valence-corrected chi connectivity index (χ0v) is 13.2. The first-order valence-electron chi connectivity index (χ1n) is 8.39. The molecule has 2 aliphatic heterocycles. The predicted octanol–water partition coefficient (Wildman–Crippen LogP) is 0.459. The molecule has 1 aliphatic carbocycles. The highest BCUT2D eigenvalue weighted by Gasteiger charge is 2.50. The van der Waals surface area contributed by atoms with Crippen LogP contribution in [0.4, 0.5) is 0 Å². The van der Waals surface area contributed by atoms with Gasteiger partial charge in [-0.1, -0.05) is 0 Å². The van der Waals surface area contributed by atoms with Crippen molar-refractivity contribution in [3.8, 4) is 0 Å². The molecule has 6 nitrogen and oxygen atoms in total. The van der Waals surface area contributed by atoms with Crippen LogP contribution in [0.2, 0.25) is 0 Å². The summed E-state index contributed by atoms with van der Waals surface area (Å²) in [5.74, 6) is 1.11. The van der Waals surface area contributed by atoms with Gasteiger partial charge in [-0.3, -0.25) is 9.59 Å². The van der Waals surface area contributed by atoms with Crippen LogP contribution in [0.1, 0.15) is 32.6 Å². The second-order valence-electron chi connectivity index (χ2n) is 6.79. The lowest BCUT2D eigenvalue weighted by Gasteiger charge is -2.14. The van der Waals surface area contributed by atoms with Crippen molar-refractivity contribution in [3.05, 3.63) is 0 Å². The van der Waals surface area contributed by atoms with Crippen LogP contribution in [0.5, 0.6) is 0 Å². The molecule has 124 valence electrons. The van der Waals surface area contributed by atoms with E-state index in [1.807, 2.05) is 0 Å². The van der Waals surface area contributed by atoms with Gasteiger partial charge in [0.05, 0.1) is 18.8 Å². The molecule has 3 aliphatic rings. The fourth-order valence-electron chi connectivity index (χ4n) is 3.50. The lowest BCUT2D eigenvalue weighted by molar-refractivity contribution is -0.123. The van der Waals surface area contributed by atoms with E-state index in [1.54, 1.807) is 0 Å². The van der Waals surface area contributed by atoms with Gasteiger partial charge >= 0.3 is 0 Å². The standard InChI is InChI=1S/C16H26N2O4/c1-10(19)17-8-12-2-3-15(22-12)13-6-14(13)16(20)18-7-11-4-5-21-9-11/h11-15H,2-9H2,1H3,(H,17,19)(H,18,20). The van der Waals surface area contributed by atoms with Crippen LogP contribution < -0.4 is 10.6 Å². The quantitative estimate of drug-likeness (QED) is 0.747. The van der Waals surface area contributed by atoms with E-state index in [4.69, 9.17) is 9.47 Å². The highest BCUT2D eigenvalue weighted by Crippen LogP contribution is 2.46. The van der Waals surface area contributed by atoms with Gasteiger partial charge in [0, 0.05) is 38.5 Å². The number of hydrogen-bond donors (Lipinski definition) is 2. The molecule has 0 spiro atoms. The zero-order valence-electron chi connectivity index (χ0n) is 13.2. The minimum absolute atomic E-state index is 0.0216. The summed E-state index contributed by atoms with van der Waals surface area (Å²) in [7, 11) is 0. The zero-order chi connectivity index (χ0) is 15.5. The minimum atomic E-state index is -0.0216. The maximum absolute atomic E-state index is 12.2. The molecule has 5 unspecified atom stereocenters. The summed E-state index contributed by atoms with van der Waals surface area (Å²) < 4.78 is 11.3. The molecule has 5 atom stereocenters. The first-order valence-corrected chi connectivity index (χ1v) is 8.39. The number of carbonyl (C=O) groups excluding carboxylic acids is 2. The van der Waals surface area contributed by atoms with Gasteiger partial charge in [-0.2, -0.15) is 0 Å². The lowest BCUT2D eigenvalue weighted by Crippen LogP contribution is -2.32. The van der Waals surface area contributed by atoms with E-state index in [0.717, 1.165) is 45.4 Å². The Labute approximate surface area is 131 Å². The summed E-state index contributed by atoms with van der Waals surface area (Å²) in [4.78, 5) is 23.1. The molecule has 2 N–H and O–H groups in total. The maximum atomic E-state index is 12.2. The Morgan fingerprint density at radius 3 is 2.73 bits per heavy atom. The van der Waals surface area contributed by atoms with Crippen LogP contribution >= 0.6 is 0 Å². The molecule has 3 fully saturated rings. The largest absolute Gasteiger partial charge is 0.381 e. The molecule has 0 aromatic carbocycles. The fourth-order valence-corrected chi connectivity index (χ4v) is 3.50. The SMILES string of the molecule is CC(=O)NCC1CCC(C2CC2C(=O)NCC2CCOC2)O1. The summed E-state index contributed by atoms with van der Waals surface area (Å²) in [6.45, 7) is 4.42. The van der Waals surface area contributed by atoms with Crippen LogP contribution in [0.15, 0.2) is 0 Å². The highest BCUT2D eigenvalue weighted by atomic mass is 16.5. The van der Waals surface area contributed by atoms with Crippen LogP contribution in [0.25, 0.3) is 0 Å². The van der Waals surface area contributed by atoms with E-state index < -0.39 is 0 Å². The Balaban J connectivity index is 1.35. The van der Waals surface area contributed by atoms with Crippen molar-refractivity contribution >= 4 is 11.8 Å². The predicted molar refractivity (Wildman–Crippen MR) is 80.1 cm³/mol. The molecule has 0 radical (unpaired) electrons. The van der Waals surface area contributed by atoms with Crippen LogP contribution in [0, 0.1) is 17.8 Å². The maximum Gasteiger partial charge on any atom is 0.223 e. The number of ether oxygens (including phenoxy) is 2. The molecule has 2 heterocycles. The van der Waals surface area contributed by atoms with Crippen molar-refractivity contribution in [3.63, 3.8) is 0 Å². The van der Waals surface area contributed by atoms with Crippen LogP contribution in [-0.4, -0.2) is 50.3 Å². The van der Waals surface area contributed by atoms with Gasteiger partial charge < -0.3 is 20.1 Å².